The van der Waals surface area contributed by atoms with E-state index in [2.05, 4.69) is 22.2 Å². The number of halogens is 2. The van der Waals surface area contributed by atoms with Gasteiger partial charge in [-0.3, -0.25) is 4.79 Å². The van der Waals surface area contributed by atoms with Crippen molar-refractivity contribution in [2.45, 2.75) is 31.7 Å². The van der Waals surface area contributed by atoms with E-state index in [0.29, 0.717) is 16.8 Å². The molecule has 0 spiro atoms. The highest BCUT2D eigenvalue weighted by Crippen LogP contribution is 2.48. The van der Waals surface area contributed by atoms with Crippen LogP contribution < -0.4 is 10.1 Å². The Kier molecular flexibility index (Phi) is 6.35. The number of nitrogens with zero attached hydrogens (tertiary/aromatic N) is 2. The summed E-state index contributed by atoms with van der Waals surface area (Å²) in [5.41, 5.74) is 2.26. The molecule has 7 heteroatoms. The summed E-state index contributed by atoms with van der Waals surface area (Å²) >= 11 is 6.17. The molecule has 1 aromatic heterocycles. The molecular formula is C25H27ClFN3O2. The molecule has 0 bridgehead atoms. The quantitative estimate of drug-likeness (QED) is 0.557. The Labute approximate surface area is 192 Å². The zero-order valence-corrected chi connectivity index (χ0v) is 19.3. The number of pyridine rings is 1. The van der Waals surface area contributed by atoms with E-state index in [9.17, 15) is 9.18 Å². The summed E-state index contributed by atoms with van der Waals surface area (Å²) in [6, 6.07) is 11.6. The molecule has 2 heterocycles. The fraction of sp³-hybridized carbons (Fsp3) is 0.360. The lowest BCUT2D eigenvalue weighted by Crippen LogP contribution is -2.35. The van der Waals surface area contributed by atoms with E-state index < -0.39 is 5.54 Å². The first-order valence-corrected chi connectivity index (χ1v) is 11.1. The lowest BCUT2D eigenvalue weighted by molar-refractivity contribution is 0.0930. The summed E-state index contributed by atoms with van der Waals surface area (Å²) in [5.74, 6) is 0.0830. The molecule has 2 aliphatic rings. The Hall–Kier alpha value is -2.70. The third kappa shape index (κ3) is 4.71. The molecule has 2 fully saturated rings. The predicted molar refractivity (Wildman–Crippen MR) is 125 cm³/mol. The van der Waals surface area contributed by atoms with Gasteiger partial charge in [-0.05, 0) is 87.8 Å². The minimum absolute atomic E-state index is 0.174. The predicted octanol–water partition coefficient (Wildman–Crippen LogP) is 5.09. The Morgan fingerprint density at radius 1 is 1.19 bits per heavy atom. The average molecular weight is 456 g/mol. The first kappa shape index (κ1) is 22.5. The zero-order valence-electron chi connectivity index (χ0n) is 18.5. The number of carbonyl (C=O) groups excluding carboxylic acids is 1. The molecule has 1 aliphatic heterocycles. The second kappa shape index (κ2) is 9.04. The number of likely N-dealkylation sites (tertiary alicyclic amines) is 1. The van der Waals surface area contributed by atoms with Gasteiger partial charge < -0.3 is 15.0 Å². The van der Waals surface area contributed by atoms with Crippen molar-refractivity contribution in [1.29, 1.82) is 0 Å². The molecule has 1 amide bonds. The third-order valence-electron chi connectivity index (χ3n) is 6.13. The van der Waals surface area contributed by atoms with E-state index >= 15 is 0 Å². The molecule has 1 saturated heterocycles. The van der Waals surface area contributed by atoms with E-state index in [0.717, 1.165) is 29.4 Å². The van der Waals surface area contributed by atoms with Gasteiger partial charge in [0.2, 0.25) is 0 Å². The Morgan fingerprint density at radius 3 is 2.50 bits per heavy atom. The van der Waals surface area contributed by atoms with Crippen molar-refractivity contribution in [1.82, 2.24) is 15.2 Å². The topological polar surface area (TPSA) is 54.5 Å². The fourth-order valence-electron chi connectivity index (χ4n) is 3.88. The lowest BCUT2D eigenvalue weighted by atomic mass is 9.99. The van der Waals surface area contributed by atoms with Crippen LogP contribution in [0.1, 0.15) is 40.7 Å². The molecule has 168 valence electrons. The molecule has 0 unspecified atom stereocenters. The molecule has 0 radical (unpaired) electrons. The van der Waals surface area contributed by atoms with Crippen LogP contribution in [0, 0.1) is 12.7 Å². The largest absolute Gasteiger partial charge is 0.497 e. The minimum Gasteiger partial charge on any atom is -0.497 e. The van der Waals surface area contributed by atoms with Crippen LogP contribution in [0.5, 0.6) is 5.75 Å². The summed E-state index contributed by atoms with van der Waals surface area (Å²) in [7, 11) is 3.71. The maximum atomic E-state index is 13.6. The second-order valence-electron chi connectivity index (χ2n) is 8.53. The van der Waals surface area contributed by atoms with Gasteiger partial charge in [0.1, 0.15) is 16.7 Å². The average Bonchev–Trinajstić information content (AvgIpc) is 3.52. The first-order chi connectivity index (χ1) is 15.3. The number of hydrogen-bond donors (Lipinski definition) is 1. The zero-order chi connectivity index (χ0) is 22.9. The molecule has 5 rings (SSSR count). The molecule has 1 aliphatic carbocycles. The van der Waals surface area contributed by atoms with Crippen molar-refractivity contribution >= 4 is 28.4 Å². The number of aromatic nitrogens is 1. The van der Waals surface area contributed by atoms with Gasteiger partial charge in [0.15, 0.2) is 0 Å². The van der Waals surface area contributed by atoms with Gasteiger partial charge in [0.25, 0.3) is 5.91 Å². The van der Waals surface area contributed by atoms with Crippen LogP contribution in [0.2, 0.25) is 5.15 Å². The van der Waals surface area contributed by atoms with Gasteiger partial charge in [0, 0.05) is 17.0 Å². The van der Waals surface area contributed by atoms with E-state index in [1.807, 2.05) is 19.1 Å². The maximum absolute atomic E-state index is 13.6. The summed E-state index contributed by atoms with van der Waals surface area (Å²) < 4.78 is 18.8. The molecule has 0 atom stereocenters. The summed E-state index contributed by atoms with van der Waals surface area (Å²) in [4.78, 5) is 19.5. The number of ether oxygens (including phenoxy) is 1. The summed E-state index contributed by atoms with van der Waals surface area (Å²) in [6.07, 6.45) is 2.99. The number of methoxy groups -OCH3 is 1. The van der Waals surface area contributed by atoms with Gasteiger partial charge in [-0.1, -0.05) is 17.7 Å². The van der Waals surface area contributed by atoms with Crippen molar-refractivity contribution in [3.8, 4) is 5.75 Å². The molecule has 1 saturated carbocycles. The van der Waals surface area contributed by atoms with Crippen molar-refractivity contribution in [3.05, 3.63) is 70.1 Å². The highest BCUT2D eigenvalue weighted by atomic mass is 35.5. The smallest absolute Gasteiger partial charge is 0.252 e. The molecule has 32 heavy (non-hydrogen) atoms. The number of carbonyl (C=O) groups is 1. The summed E-state index contributed by atoms with van der Waals surface area (Å²) in [6.45, 7) is 4.52. The fourth-order valence-corrected chi connectivity index (χ4v) is 4.08. The van der Waals surface area contributed by atoms with Gasteiger partial charge in [0.05, 0.1) is 18.2 Å². The first-order valence-electron chi connectivity index (χ1n) is 10.7. The number of rotatable bonds is 4. The monoisotopic (exact) mass is 455 g/mol. The standard InChI is InChI=1S/C21H18ClFN2O2.C4H9N/c1-12-3-5-14(27-2)10-16(12)20(26)25-21(7-8-21)17-11-19(22)24-18-9-13(23)4-6-15(17)18;1-5-3-2-4-5/h3-6,9-11H,7-8H2,1-2H3,(H,25,26);2-4H2,1H3. The number of fused-ring (bicyclic) bond motifs is 1. The van der Waals surface area contributed by atoms with Crippen LogP contribution in [0.3, 0.4) is 0 Å². The van der Waals surface area contributed by atoms with Crippen molar-refractivity contribution in [3.63, 3.8) is 0 Å². The van der Waals surface area contributed by atoms with Gasteiger partial charge in [-0.25, -0.2) is 9.37 Å². The van der Waals surface area contributed by atoms with E-state index in [1.54, 1.807) is 25.3 Å². The van der Waals surface area contributed by atoms with Gasteiger partial charge in [-0.2, -0.15) is 0 Å². The van der Waals surface area contributed by atoms with Crippen LogP contribution in [-0.4, -0.2) is 43.0 Å². The molecule has 3 aromatic rings. The highest BCUT2D eigenvalue weighted by Gasteiger charge is 2.47. The second-order valence-corrected chi connectivity index (χ2v) is 8.92. The Balaban J connectivity index is 0.000000433. The lowest BCUT2D eigenvalue weighted by Gasteiger charge is -2.24. The van der Waals surface area contributed by atoms with Crippen molar-refractivity contribution in [2.75, 3.05) is 27.2 Å². The number of amides is 1. The van der Waals surface area contributed by atoms with Gasteiger partial charge in [-0.15, -0.1) is 0 Å². The summed E-state index contributed by atoms with van der Waals surface area (Å²) in [5, 5.41) is 4.22. The van der Waals surface area contributed by atoms with E-state index in [-0.39, 0.29) is 16.9 Å². The van der Waals surface area contributed by atoms with Crippen LogP contribution in [0.25, 0.3) is 10.9 Å². The van der Waals surface area contributed by atoms with Gasteiger partial charge >= 0.3 is 0 Å². The van der Waals surface area contributed by atoms with Crippen LogP contribution >= 0.6 is 11.6 Å². The minimum atomic E-state index is -0.519. The number of nitrogens with one attached hydrogen (secondary N) is 1. The van der Waals surface area contributed by atoms with Crippen molar-refractivity contribution < 1.29 is 13.9 Å². The normalized spacial score (nSPS) is 16.5. The Bertz CT molecular complexity index is 1150. The third-order valence-corrected chi connectivity index (χ3v) is 6.32. The Morgan fingerprint density at radius 2 is 1.91 bits per heavy atom. The number of hydrogen-bond acceptors (Lipinski definition) is 4. The van der Waals surface area contributed by atoms with Crippen LogP contribution in [-0.2, 0) is 5.54 Å². The number of benzene rings is 2. The molecule has 1 N–H and O–H groups in total. The number of aryl methyl sites for hydroxylation is 1. The molecular weight excluding hydrogens is 429 g/mol. The van der Waals surface area contributed by atoms with E-state index in [4.69, 9.17) is 16.3 Å². The maximum Gasteiger partial charge on any atom is 0.252 e. The van der Waals surface area contributed by atoms with E-state index in [1.165, 1.54) is 31.6 Å². The van der Waals surface area contributed by atoms with Crippen LogP contribution in [0.4, 0.5) is 4.39 Å². The van der Waals surface area contributed by atoms with Crippen molar-refractivity contribution in [2.24, 2.45) is 0 Å². The SMILES string of the molecule is CN1CCC1.COc1ccc(C)c(C(=O)NC2(c3cc(Cl)nc4cc(F)ccc34)CC2)c1. The highest BCUT2D eigenvalue weighted by molar-refractivity contribution is 6.30. The van der Waals surface area contributed by atoms with Crippen LogP contribution in [0.15, 0.2) is 42.5 Å². The molecule has 5 nitrogen and oxygen atoms in total. The molecule has 2 aromatic carbocycles.